The summed E-state index contributed by atoms with van der Waals surface area (Å²) in [5, 5.41) is 2.93. The van der Waals surface area contributed by atoms with E-state index >= 15 is 0 Å². The zero-order valence-electron chi connectivity index (χ0n) is 14.3. The lowest BCUT2D eigenvalue weighted by atomic mass is 10.1. The number of pyridine rings is 1. The Morgan fingerprint density at radius 1 is 1.29 bits per heavy atom. The number of amides is 1. The van der Waals surface area contributed by atoms with Crippen LogP contribution in [0.2, 0.25) is 0 Å². The highest BCUT2D eigenvalue weighted by Crippen LogP contribution is 2.11. The van der Waals surface area contributed by atoms with Gasteiger partial charge in [-0.25, -0.2) is 0 Å². The zero-order valence-corrected chi connectivity index (χ0v) is 14.3. The fourth-order valence-electron chi connectivity index (χ4n) is 2.23. The van der Waals surface area contributed by atoms with E-state index in [1.807, 2.05) is 20.8 Å². The van der Waals surface area contributed by atoms with Gasteiger partial charge in [0.1, 0.15) is 5.76 Å². The lowest BCUT2D eigenvalue weighted by Gasteiger charge is -2.21. The van der Waals surface area contributed by atoms with Crippen molar-refractivity contribution in [2.75, 3.05) is 13.2 Å². The Morgan fingerprint density at radius 3 is 2.75 bits per heavy atom. The number of aromatic nitrogens is 1. The molecule has 24 heavy (non-hydrogen) atoms. The molecule has 6 heteroatoms. The number of carbonyl (C=O) groups excluding carboxylic acids is 1. The second-order valence-electron chi connectivity index (χ2n) is 5.92. The van der Waals surface area contributed by atoms with Crippen LogP contribution >= 0.6 is 0 Å². The van der Waals surface area contributed by atoms with Crippen molar-refractivity contribution in [3.05, 3.63) is 58.4 Å². The fourth-order valence-corrected chi connectivity index (χ4v) is 2.23. The van der Waals surface area contributed by atoms with Crippen molar-refractivity contribution >= 4 is 5.91 Å². The molecule has 0 aliphatic rings. The standard InChI is InChI=1S/C18H24N2O4/c1-4-23-12-15(13(2)3)19-18(22)16-9-8-14(24-16)11-20-10-6-5-7-17(20)21/h5-10,13,15H,4,11-12H2,1-3H3,(H,19,22). The fraction of sp³-hybridized carbons (Fsp3) is 0.444. The lowest BCUT2D eigenvalue weighted by molar-refractivity contribution is 0.0782. The molecule has 6 nitrogen and oxygen atoms in total. The van der Waals surface area contributed by atoms with Crippen LogP contribution in [0.1, 0.15) is 37.1 Å². The van der Waals surface area contributed by atoms with Gasteiger partial charge < -0.3 is 19.0 Å². The largest absolute Gasteiger partial charge is 0.454 e. The molecule has 0 aliphatic carbocycles. The summed E-state index contributed by atoms with van der Waals surface area (Å²) in [6.07, 6.45) is 1.68. The number of carbonyl (C=O) groups is 1. The predicted molar refractivity (Wildman–Crippen MR) is 91.1 cm³/mol. The molecule has 0 saturated carbocycles. The summed E-state index contributed by atoms with van der Waals surface area (Å²) in [6.45, 7) is 7.34. The first kappa shape index (κ1) is 18.0. The predicted octanol–water partition coefficient (Wildman–Crippen LogP) is 2.28. The van der Waals surface area contributed by atoms with Gasteiger partial charge in [-0.05, 0) is 31.0 Å². The van der Waals surface area contributed by atoms with Crippen LogP contribution in [0.3, 0.4) is 0 Å². The van der Waals surface area contributed by atoms with Crippen molar-refractivity contribution < 1.29 is 13.9 Å². The van der Waals surface area contributed by atoms with Crippen LogP contribution in [0, 0.1) is 5.92 Å². The topological polar surface area (TPSA) is 73.5 Å². The van der Waals surface area contributed by atoms with Crippen molar-refractivity contribution in [3.8, 4) is 0 Å². The summed E-state index contributed by atoms with van der Waals surface area (Å²) in [6, 6.07) is 8.20. The van der Waals surface area contributed by atoms with Gasteiger partial charge in [0.05, 0.1) is 19.2 Å². The molecule has 0 aromatic carbocycles. The van der Waals surface area contributed by atoms with Crippen LogP contribution in [0.15, 0.2) is 45.7 Å². The van der Waals surface area contributed by atoms with Gasteiger partial charge in [-0.3, -0.25) is 9.59 Å². The smallest absolute Gasteiger partial charge is 0.287 e. The van der Waals surface area contributed by atoms with E-state index in [-0.39, 0.29) is 29.2 Å². The third kappa shape index (κ3) is 4.83. The molecule has 1 unspecified atom stereocenters. The van der Waals surface area contributed by atoms with Crippen molar-refractivity contribution in [2.24, 2.45) is 5.92 Å². The molecule has 1 atom stereocenters. The molecule has 0 spiro atoms. The minimum absolute atomic E-state index is 0.0808. The van der Waals surface area contributed by atoms with Gasteiger partial charge in [0.2, 0.25) is 0 Å². The highest BCUT2D eigenvalue weighted by Gasteiger charge is 2.19. The first-order chi connectivity index (χ1) is 11.5. The highest BCUT2D eigenvalue weighted by atomic mass is 16.5. The number of hydrogen-bond acceptors (Lipinski definition) is 4. The summed E-state index contributed by atoms with van der Waals surface area (Å²) >= 11 is 0. The van der Waals surface area contributed by atoms with Crippen LogP contribution < -0.4 is 10.9 Å². The lowest BCUT2D eigenvalue weighted by Crippen LogP contribution is -2.41. The van der Waals surface area contributed by atoms with Gasteiger partial charge >= 0.3 is 0 Å². The van der Waals surface area contributed by atoms with Crippen LogP contribution in [0.25, 0.3) is 0 Å². The van der Waals surface area contributed by atoms with E-state index in [0.29, 0.717) is 25.5 Å². The monoisotopic (exact) mass is 332 g/mol. The minimum Gasteiger partial charge on any atom is -0.454 e. The average molecular weight is 332 g/mol. The van der Waals surface area contributed by atoms with Crippen LogP contribution in [0.4, 0.5) is 0 Å². The first-order valence-corrected chi connectivity index (χ1v) is 8.14. The van der Waals surface area contributed by atoms with Crippen molar-refractivity contribution in [1.82, 2.24) is 9.88 Å². The molecular weight excluding hydrogens is 308 g/mol. The maximum Gasteiger partial charge on any atom is 0.287 e. The van der Waals surface area contributed by atoms with Gasteiger partial charge in [0.25, 0.3) is 11.5 Å². The molecule has 130 valence electrons. The number of rotatable bonds is 8. The molecule has 0 aliphatic heterocycles. The van der Waals surface area contributed by atoms with E-state index in [4.69, 9.17) is 9.15 Å². The molecule has 2 aromatic rings. The maximum atomic E-state index is 12.3. The van der Waals surface area contributed by atoms with Crippen molar-refractivity contribution in [3.63, 3.8) is 0 Å². The summed E-state index contributed by atoms with van der Waals surface area (Å²) in [4.78, 5) is 24.0. The molecule has 1 amide bonds. The molecule has 2 aromatic heterocycles. The van der Waals surface area contributed by atoms with Crippen molar-refractivity contribution in [2.45, 2.75) is 33.4 Å². The number of nitrogens with one attached hydrogen (secondary N) is 1. The van der Waals surface area contributed by atoms with E-state index < -0.39 is 0 Å². The van der Waals surface area contributed by atoms with Crippen LogP contribution in [-0.4, -0.2) is 29.7 Å². The molecular formula is C18H24N2O4. The Bertz CT molecular complexity index is 718. The van der Waals surface area contributed by atoms with Gasteiger partial charge in [-0.15, -0.1) is 0 Å². The highest BCUT2D eigenvalue weighted by molar-refractivity contribution is 5.91. The molecule has 0 saturated heterocycles. The Balaban J connectivity index is 2.02. The van der Waals surface area contributed by atoms with E-state index in [9.17, 15) is 9.59 Å². The second kappa shape index (κ2) is 8.49. The Morgan fingerprint density at radius 2 is 2.08 bits per heavy atom. The van der Waals surface area contributed by atoms with Gasteiger partial charge in [0.15, 0.2) is 5.76 Å². The van der Waals surface area contributed by atoms with E-state index in [1.165, 1.54) is 10.6 Å². The molecule has 2 rings (SSSR count). The van der Waals surface area contributed by atoms with Crippen molar-refractivity contribution in [1.29, 1.82) is 0 Å². The van der Waals surface area contributed by atoms with E-state index in [1.54, 1.807) is 30.5 Å². The molecule has 0 bridgehead atoms. The Hall–Kier alpha value is -2.34. The average Bonchev–Trinajstić information content (AvgIpc) is 3.02. The SMILES string of the molecule is CCOCC(NC(=O)c1ccc(Cn2ccccc2=O)o1)C(C)C. The molecule has 0 fully saturated rings. The molecule has 2 heterocycles. The van der Waals surface area contributed by atoms with Gasteiger partial charge in [-0.2, -0.15) is 0 Å². The number of furan rings is 1. The number of ether oxygens (including phenoxy) is 1. The summed E-state index contributed by atoms with van der Waals surface area (Å²) < 4.78 is 12.5. The van der Waals surface area contributed by atoms with Crippen LogP contribution in [-0.2, 0) is 11.3 Å². The quantitative estimate of drug-likeness (QED) is 0.805. The molecule has 1 N–H and O–H groups in total. The summed E-state index contributed by atoms with van der Waals surface area (Å²) in [5.41, 5.74) is -0.114. The summed E-state index contributed by atoms with van der Waals surface area (Å²) in [5.74, 6) is 0.758. The van der Waals surface area contributed by atoms with E-state index in [2.05, 4.69) is 5.32 Å². The molecule has 0 radical (unpaired) electrons. The van der Waals surface area contributed by atoms with Crippen LogP contribution in [0.5, 0.6) is 0 Å². The zero-order chi connectivity index (χ0) is 17.5. The Labute approximate surface area is 141 Å². The van der Waals surface area contributed by atoms with Gasteiger partial charge in [0, 0.05) is 18.9 Å². The summed E-state index contributed by atoms with van der Waals surface area (Å²) in [7, 11) is 0. The number of nitrogens with zero attached hydrogens (tertiary/aromatic N) is 1. The third-order valence-electron chi connectivity index (χ3n) is 3.73. The normalized spacial score (nSPS) is 12.3. The van der Waals surface area contributed by atoms with Gasteiger partial charge in [-0.1, -0.05) is 19.9 Å². The second-order valence-corrected chi connectivity index (χ2v) is 5.92. The van der Waals surface area contributed by atoms with E-state index in [0.717, 1.165) is 0 Å². The third-order valence-corrected chi connectivity index (χ3v) is 3.73. The minimum atomic E-state index is -0.278. The first-order valence-electron chi connectivity index (χ1n) is 8.14. The number of hydrogen-bond donors (Lipinski definition) is 1. The maximum absolute atomic E-state index is 12.3. The Kier molecular flexibility index (Phi) is 6.37.